The first-order valence-corrected chi connectivity index (χ1v) is 6.77. The Kier molecular flexibility index (Phi) is 8.13. The maximum atomic E-state index is 9.38. The molecule has 0 amide bonds. The van der Waals surface area contributed by atoms with Gasteiger partial charge in [0.05, 0.1) is 19.8 Å². The number of ether oxygens (including phenoxy) is 2. The van der Waals surface area contributed by atoms with Crippen molar-refractivity contribution in [1.29, 1.82) is 0 Å². The first-order chi connectivity index (χ1) is 9.33. The maximum absolute atomic E-state index is 9.38. The number of hydrogen-bond donors (Lipinski definition) is 1. The van der Waals surface area contributed by atoms with Gasteiger partial charge in [-0.2, -0.15) is 0 Å². The Morgan fingerprint density at radius 1 is 1.16 bits per heavy atom. The number of aromatic nitrogens is 1. The second-order valence-electron chi connectivity index (χ2n) is 4.04. The molecule has 1 heterocycles. The molecule has 5 heteroatoms. The van der Waals surface area contributed by atoms with Gasteiger partial charge in [-0.05, 0) is 19.9 Å². The average molecular weight is 268 g/mol. The normalized spacial score (nSPS) is 10.7. The van der Waals surface area contributed by atoms with E-state index in [-0.39, 0.29) is 6.61 Å². The van der Waals surface area contributed by atoms with Crippen LogP contribution in [-0.4, -0.2) is 49.6 Å². The van der Waals surface area contributed by atoms with Crippen molar-refractivity contribution in [3.63, 3.8) is 0 Å². The predicted octanol–water partition coefficient (Wildman–Crippen LogP) is 1.45. The summed E-state index contributed by atoms with van der Waals surface area (Å²) in [4.78, 5) is 6.21. The first kappa shape index (κ1) is 15.9. The van der Waals surface area contributed by atoms with Crippen LogP contribution in [0.4, 0.5) is 5.69 Å². The van der Waals surface area contributed by atoms with E-state index in [2.05, 4.69) is 9.88 Å². The van der Waals surface area contributed by atoms with Gasteiger partial charge in [0, 0.05) is 49.9 Å². The van der Waals surface area contributed by atoms with Crippen LogP contribution in [0.2, 0.25) is 0 Å². The quantitative estimate of drug-likeness (QED) is 0.651. The summed E-state index contributed by atoms with van der Waals surface area (Å²) >= 11 is 0. The number of aliphatic hydroxyl groups excluding tert-OH is 1. The third kappa shape index (κ3) is 5.55. The Morgan fingerprint density at radius 3 is 2.32 bits per heavy atom. The van der Waals surface area contributed by atoms with Crippen LogP contribution in [0.5, 0.6) is 0 Å². The van der Waals surface area contributed by atoms with Crippen molar-refractivity contribution >= 4 is 5.69 Å². The topological polar surface area (TPSA) is 54.8 Å². The summed E-state index contributed by atoms with van der Waals surface area (Å²) in [6.45, 7) is 8.25. The molecular formula is C14H24N2O3. The van der Waals surface area contributed by atoms with Crippen LogP contribution >= 0.6 is 0 Å². The average Bonchev–Trinajstić information content (AvgIpc) is 2.46. The number of hydrogen-bond acceptors (Lipinski definition) is 5. The van der Waals surface area contributed by atoms with Gasteiger partial charge < -0.3 is 19.5 Å². The summed E-state index contributed by atoms with van der Waals surface area (Å²) in [5, 5.41) is 9.38. The van der Waals surface area contributed by atoms with E-state index in [0.29, 0.717) is 26.4 Å². The summed E-state index contributed by atoms with van der Waals surface area (Å²) < 4.78 is 10.8. The molecule has 1 N–H and O–H groups in total. The molecule has 1 aromatic rings. The lowest BCUT2D eigenvalue weighted by Crippen LogP contribution is -2.32. The molecule has 0 fully saturated rings. The number of rotatable bonds is 10. The molecule has 1 aromatic heterocycles. The molecule has 0 aliphatic rings. The van der Waals surface area contributed by atoms with Crippen LogP contribution in [0.1, 0.15) is 19.4 Å². The summed E-state index contributed by atoms with van der Waals surface area (Å²) in [6.07, 6.45) is 3.44. The van der Waals surface area contributed by atoms with E-state index in [1.807, 2.05) is 19.9 Å². The Bertz CT molecular complexity index is 337. The zero-order valence-corrected chi connectivity index (χ0v) is 11.8. The Morgan fingerprint density at radius 2 is 1.79 bits per heavy atom. The molecule has 0 spiro atoms. The Labute approximate surface area is 115 Å². The smallest absolute Gasteiger partial charge is 0.0717 e. The molecule has 19 heavy (non-hydrogen) atoms. The van der Waals surface area contributed by atoms with Crippen LogP contribution < -0.4 is 4.90 Å². The predicted molar refractivity (Wildman–Crippen MR) is 75.4 cm³/mol. The van der Waals surface area contributed by atoms with Crippen LogP contribution in [0.15, 0.2) is 18.5 Å². The van der Waals surface area contributed by atoms with Crippen LogP contribution in [0.3, 0.4) is 0 Å². The largest absolute Gasteiger partial charge is 0.392 e. The second-order valence-corrected chi connectivity index (χ2v) is 4.04. The lowest BCUT2D eigenvalue weighted by Gasteiger charge is -2.26. The number of nitrogens with zero attached hydrogens (tertiary/aromatic N) is 2. The molecule has 0 bridgehead atoms. The summed E-state index contributed by atoms with van der Waals surface area (Å²) in [5.41, 5.74) is 1.83. The van der Waals surface area contributed by atoms with E-state index in [1.165, 1.54) is 0 Å². The minimum atomic E-state index is -0.0110. The van der Waals surface area contributed by atoms with Gasteiger partial charge in [-0.15, -0.1) is 0 Å². The first-order valence-electron chi connectivity index (χ1n) is 6.77. The standard InChI is InChI=1S/C14H24N2O3/c1-3-18-9-7-16(8-10-19-4-2)14-5-6-15-11-13(14)12-17/h5-6,11,17H,3-4,7-10,12H2,1-2H3. The summed E-state index contributed by atoms with van der Waals surface area (Å²) in [6, 6.07) is 1.92. The van der Waals surface area contributed by atoms with Gasteiger partial charge in [0.25, 0.3) is 0 Å². The van der Waals surface area contributed by atoms with Crippen molar-refractivity contribution in [2.24, 2.45) is 0 Å². The van der Waals surface area contributed by atoms with Gasteiger partial charge in [0.2, 0.25) is 0 Å². The SMILES string of the molecule is CCOCCN(CCOCC)c1ccncc1CO. The van der Waals surface area contributed by atoms with Gasteiger partial charge in [0.15, 0.2) is 0 Å². The highest BCUT2D eigenvalue weighted by Gasteiger charge is 2.10. The van der Waals surface area contributed by atoms with E-state index in [0.717, 1.165) is 24.3 Å². The zero-order chi connectivity index (χ0) is 13.9. The van der Waals surface area contributed by atoms with Gasteiger partial charge in [-0.3, -0.25) is 4.98 Å². The highest BCUT2D eigenvalue weighted by Crippen LogP contribution is 2.19. The van der Waals surface area contributed by atoms with Crippen molar-refractivity contribution in [3.8, 4) is 0 Å². The molecule has 0 atom stereocenters. The lowest BCUT2D eigenvalue weighted by atomic mass is 10.2. The van der Waals surface area contributed by atoms with E-state index in [9.17, 15) is 5.11 Å². The van der Waals surface area contributed by atoms with Crippen molar-refractivity contribution in [2.75, 3.05) is 44.4 Å². The molecule has 108 valence electrons. The molecule has 0 aliphatic carbocycles. The lowest BCUT2D eigenvalue weighted by molar-refractivity contribution is 0.141. The number of anilines is 1. The maximum Gasteiger partial charge on any atom is 0.0717 e. The Balaban J connectivity index is 2.69. The van der Waals surface area contributed by atoms with Crippen molar-refractivity contribution in [2.45, 2.75) is 20.5 Å². The number of pyridine rings is 1. The highest BCUT2D eigenvalue weighted by atomic mass is 16.5. The summed E-state index contributed by atoms with van der Waals surface area (Å²) in [5.74, 6) is 0. The van der Waals surface area contributed by atoms with Gasteiger partial charge in [0.1, 0.15) is 0 Å². The van der Waals surface area contributed by atoms with Crippen LogP contribution in [0.25, 0.3) is 0 Å². The fourth-order valence-corrected chi connectivity index (χ4v) is 1.84. The van der Waals surface area contributed by atoms with Gasteiger partial charge in [-0.25, -0.2) is 0 Å². The third-order valence-electron chi connectivity index (χ3n) is 2.81. The van der Waals surface area contributed by atoms with Crippen molar-refractivity contribution in [3.05, 3.63) is 24.0 Å². The van der Waals surface area contributed by atoms with E-state index in [1.54, 1.807) is 12.4 Å². The van der Waals surface area contributed by atoms with Crippen LogP contribution in [-0.2, 0) is 16.1 Å². The second kappa shape index (κ2) is 9.72. The number of aliphatic hydroxyl groups is 1. The molecule has 0 unspecified atom stereocenters. The molecule has 0 aliphatic heterocycles. The monoisotopic (exact) mass is 268 g/mol. The molecule has 0 saturated heterocycles. The van der Waals surface area contributed by atoms with E-state index >= 15 is 0 Å². The van der Waals surface area contributed by atoms with Crippen molar-refractivity contribution < 1.29 is 14.6 Å². The van der Waals surface area contributed by atoms with E-state index < -0.39 is 0 Å². The molecule has 0 radical (unpaired) electrons. The van der Waals surface area contributed by atoms with Crippen molar-refractivity contribution in [1.82, 2.24) is 4.98 Å². The molecule has 1 rings (SSSR count). The zero-order valence-electron chi connectivity index (χ0n) is 11.8. The molecule has 0 saturated carbocycles. The van der Waals surface area contributed by atoms with E-state index in [4.69, 9.17) is 9.47 Å². The minimum absolute atomic E-state index is 0.0110. The molecular weight excluding hydrogens is 244 g/mol. The highest BCUT2D eigenvalue weighted by molar-refractivity contribution is 5.51. The molecule has 0 aromatic carbocycles. The van der Waals surface area contributed by atoms with Gasteiger partial charge in [-0.1, -0.05) is 0 Å². The van der Waals surface area contributed by atoms with Gasteiger partial charge >= 0.3 is 0 Å². The fraction of sp³-hybridized carbons (Fsp3) is 0.643. The Hall–Kier alpha value is -1.17. The van der Waals surface area contributed by atoms with Crippen LogP contribution in [0, 0.1) is 0 Å². The minimum Gasteiger partial charge on any atom is -0.392 e. The molecule has 5 nitrogen and oxygen atoms in total. The fourth-order valence-electron chi connectivity index (χ4n) is 1.84. The third-order valence-corrected chi connectivity index (χ3v) is 2.81. The summed E-state index contributed by atoms with van der Waals surface area (Å²) in [7, 11) is 0.